The zero-order valence-electron chi connectivity index (χ0n) is 9.95. The number of hydrogen-bond acceptors (Lipinski definition) is 4. The third kappa shape index (κ3) is 7.30. The maximum absolute atomic E-state index is 7.20. The third-order valence-electron chi connectivity index (χ3n) is 2.28. The van der Waals surface area contributed by atoms with Crippen LogP contribution in [-0.2, 0) is 9.47 Å². The van der Waals surface area contributed by atoms with Crippen molar-refractivity contribution in [2.45, 2.75) is 19.4 Å². The van der Waals surface area contributed by atoms with Crippen LogP contribution in [0.25, 0.3) is 0 Å². The summed E-state index contributed by atoms with van der Waals surface area (Å²) in [5, 5.41) is 7.20. The summed E-state index contributed by atoms with van der Waals surface area (Å²) < 4.78 is 10.1. The second kappa shape index (κ2) is 8.64. The Kier molecular flexibility index (Phi) is 8.27. The SMILES string of the molecule is COCCN(CCC(=N)N)C(C)COC. The largest absolute Gasteiger partial charge is 0.388 e. The van der Waals surface area contributed by atoms with Gasteiger partial charge in [0.1, 0.15) is 0 Å². The summed E-state index contributed by atoms with van der Waals surface area (Å²) in [4.78, 5) is 2.22. The van der Waals surface area contributed by atoms with E-state index < -0.39 is 0 Å². The lowest BCUT2D eigenvalue weighted by Gasteiger charge is -2.28. The van der Waals surface area contributed by atoms with Gasteiger partial charge in [0.05, 0.1) is 19.0 Å². The van der Waals surface area contributed by atoms with Crippen LogP contribution in [0, 0.1) is 5.41 Å². The van der Waals surface area contributed by atoms with Crippen molar-refractivity contribution in [3.63, 3.8) is 0 Å². The van der Waals surface area contributed by atoms with E-state index >= 15 is 0 Å². The normalized spacial score (nSPS) is 13.1. The molecule has 0 bridgehead atoms. The van der Waals surface area contributed by atoms with Crippen molar-refractivity contribution in [3.05, 3.63) is 0 Å². The van der Waals surface area contributed by atoms with Crippen LogP contribution >= 0.6 is 0 Å². The first kappa shape index (κ1) is 14.3. The molecule has 0 heterocycles. The molecular formula is C10H23N3O2. The number of ether oxygens (including phenoxy) is 2. The van der Waals surface area contributed by atoms with Gasteiger partial charge in [0.25, 0.3) is 0 Å². The number of rotatable bonds is 9. The van der Waals surface area contributed by atoms with Crippen LogP contribution in [0.4, 0.5) is 0 Å². The number of methoxy groups -OCH3 is 2. The van der Waals surface area contributed by atoms with Crippen molar-refractivity contribution in [2.75, 3.05) is 40.5 Å². The van der Waals surface area contributed by atoms with Crippen molar-refractivity contribution in [2.24, 2.45) is 5.73 Å². The number of nitrogens with zero attached hydrogens (tertiary/aromatic N) is 1. The molecule has 0 saturated carbocycles. The average Bonchev–Trinajstić information content (AvgIpc) is 2.17. The molecule has 0 spiro atoms. The van der Waals surface area contributed by atoms with E-state index in [-0.39, 0.29) is 5.84 Å². The lowest BCUT2D eigenvalue weighted by Crippen LogP contribution is -2.40. The van der Waals surface area contributed by atoms with E-state index in [1.165, 1.54) is 0 Å². The Labute approximate surface area is 92.0 Å². The van der Waals surface area contributed by atoms with Gasteiger partial charge in [-0.1, -0.05) is 0 Å². The molecule has 5 heteroatoms. The Morgan fingerprint density at radius 1 is 1.33 bits per heavy atom. The monoisotopic (exact) mass is 217 g/mol. The zero-order chi connectivity index (χ0) is 11.7. The van der Waals surface area contributed by atoms with Gasteiger partial charge >= 0.3 is 0 Å². The molecule has 0 saturated heterocycles. The van der Waals surface area contributed by atoms with Gasteiger partial charge in [-0.05, 0) is 6.92 Å². The fraction of sp³-hybridized carbons (Fsp3) is 0.900. The van der Waals surface area contributed by atoms with Gasteiger partial charge in [-0.2, -0.15) is 0 Å². The van der Waals surface area contributed by atoms with Gasteiger partial charge in [0.15, 0.2) is 0 Å². The summed E-state index contributed by atoms with van der Waals surface area (Å²) in [5.41, 5.74) is 5.34. The van der Waals surface area contributed by atoms with Crippen LogP contribution in [-0.4, -0.2) is 57.3 Å². The van der Waals surface area contributed by atoms with E-state index in [1.54, 1.807) is 14.2 Å². The minimum Gasteiger partial charge on any atom is -0.388 e. The van der Waals surface area contributed by atoms with Gasteiger partial charge in [-0.25, -0.2) is 0 Å². The summed E-state index contributed by atoms with van der Waals surface area (Å²) in [5.74, 6) is 0.224. The minimum atomic E-state index is 0.224. The highest BCUT2D eigenvalue weighted by atomic mass is 16.5. The summed E-state index contributed by atoms with van der Waals surface area (Å²) in [6.07, 6.45) is 0.595. The minimum absolute atomic E-state index is 0.224. The van der Waals surface area contributed by atoms with E-state index in [4.69, 9.17) is 20.6 Å². The van der Waals surface area contributed by atoms with Gasteiger partial charge in [0, 0.05) is 39.8 Å². The Morgan fingerprint density at radius 3 is 2.47 bits per heavy atom. The highest BCUT2D eigenvalue weighted by molar-refractivity contribution is 5.76. The highest BCUT2D eigenvalue weighted by Gasteiger charge is 2.13. The van der Waals surface area contributed by atoms with E-state index in [9.17, 15) is 0 Å². The molecule has 0 aliphatic heterocycles. The van der Waals surface area contributed by atoms with Crippen molar-refractivity contribution in [3.8, 4) is 0 Å². The van der Waals surface area contributed by atoms with Crippen molar-refractivity contribution < 1.29 is 9.47 Å². The number of nitrogens with one attached hydrogen (secondary N) is 1. The van der Waals surface area contributed by atoms with Crippen LogP contribution in [0.15, 0.2) is 0 Å². The Balaban J connectivity index is 3.98. The van der Waals surface area contributed by atoms with Gasteiger partial charge in [0.2, 0.25) is 0 Å². The fourth-order valence-corrected chi connectivity index (χ4v) is 1.37. The van der Waals surface area contributed by atoms with E-state index in [2.05, 4.69) is 11.8 Å². The molecule has 0 rings (SSSR count). The molecule has 90 valence electrons. The predicted octanol–water partition coefficient (Wildman–Crippen LogP) is 0.296. The topological polar surface area (TPSA) is 71.6 Å². The fourth-order valence-electron chi connectivity index (χ4n) is 1.37. The first-order valence-electron chi connectivity index (χ1n) is 5.16. The molecule has 0 radical (unpaired) electrons. The molecule has 0 aliphatic rings. The number of amidine groups is 1. The van der Waals surface area contributed by atoms with Crippen molar-refractivity contribution in [1.29, 1.82) is 5.41 Å². The molecule has 15 heavy (non-hydrogen) atoms. The maximum Gasteiger partial charge on any atom is 0.0918 e. The first-order chi connectivity index (χ1) is 7.11. The quantitative estimate of drug-likeness (QED) is 0.430. The molecule has 0 aliphatic carbocycles. The molecule has 1 unspecified atom stereocenters. The molecular weight excluding hydrogens is 194 g/mol. The molecule has 3 N–H and O–H groups in total. The predicted molar refractivity (Wildman–Crippen MR) is 61.3 cm³/mol. The van der Waals surface area contributed by atoms with Crippen LogP contribution < -0.4 is 5.73 Å². The van der Waals surface area contributed by atoms with Crippen molar-refractivity contribution in [1.82, 2.24) is 4.90 Å². The third-order valence-corrected chi connectivity index (χ3v) is 2.28. The summed E-state index contributed by atoms with van der Waals surface area (Å²) in [6, 6.07) is 0.324. The Bertz CT molecular complexity index is 176. The van der Waals surface area contributed by atoms with Gasteiger partial charge in [-0.15, -0.1) is 0 Å². The first-order valence-corrected chi connectivity index (χ1v) is 5.16. The van der Waals surface area contributed by atoms with E-state index in [0.717, 1.165) is 13.1 Å². The lowest BCUT2D eigenvalue weighted by atomic mass is 10.2. The van der Waals surface area contributed by atoms with Gasteiger partial charge in [-0.3, -0.25) is 10.3 Å². The molecule has 0 fully saturated rings. The summed E-state index contributed by atoms with van der Waals surface area (Å²) in [7, 11) is 3.38. The van der Waals surface area contributed by atoms with E-state index in [1.807, 2.05) is 0 Å². The second-order valence-corrected chi connectivity index (χ2v) is 3.61. The Morgan fingerprint density at radius 2 is 2.00 bits per heavy atom. The zero-order valence-corrected chi connectivity index (χ0v) is 9.95. The van der Waals surface area contributed by atoms with Gasteiger partial charge < -0.3 is 15.2 Å². The second-order valence-electron chi connectivity index (χ2n) is 3.61. The average molecular weight is 217 g/mol. The van der Waals surface area contributed by atoms with Crippen LogP contribution in [0.5, 0.6) is 0 Å². The molecule has 0 aromatic rings. The van der Waals surface area contributed by atoms with Crippen molar-refractivity contribution >= 4 is 5.84 Å². The smallest absolute Gasteiger partial charge is 0.0918 e. The summed E-state index contributed by atoms with van der Waals surface area (Å²) in [6.45, 7) is 5.09. The molecule has 5 nitrogen and oxygen atoms in total. The molecule has 0 amide bonds. The number of nitrogens with two attached hydrogens (primary N) is 1. The van der Waals surface area contributed by atoms with E-state index in [0.29, 0.717) is 25.7 Å². The highest BCUT2D eigenvalue weighted by Crippen LogP contribution is 2.01. The van der Waals surface area contributed by atoms with Crippen LogP contribution in [0.2, 0.25) is 0 Å². The Hall–Kier alpha value is -0.650. The van der Waals surface area contributed by atoms with Crippen LogP contribution in [0.3, 0.4) is 0 Å². The lowest BCUT2D eigenvalue weighted by molar-refractivity contribution is 0.0768. The van der Waals surface area contributed by atoms with Crippen LogP contribution in [0.1, 0.15) is 13.3 Å². The number of hydrogen-bond donors (Lipinski definition) is 2. The maximum atomic E-state index is 7.20. The molecule has 1 atom stereocenters. The molecule has 0 aromatic heterocycles. The standard InChI is InChI=1S/C10H23N3O2/c1-9(8-15-3)13(6-7-14-2)5-4-10(11)12/h9H,4-8H2,1-3H3,(H3,11,12). The molecule has 0 aromatic carbocycles. The summed E-state index contributed by atoms with van der Waals surface area (Å²) >= 11 is 0.